The van der Waals surface area contributed by atoms with E-state index in [2.05, 4.69) is 34.5 Å². The van der Waals surface area contributed by atoms with Crippen molar-refractivity contribution in [2.45, 2.75) is 26.0 Å². The molecule has 2 unspecified atom stereocenters. The molecule has 2 aliphatic heterocycles. The van der Waals surface area contributed by atoms with Gasteiger partial charge < -0.3 is 15.0 Å². The normalized spacial score (nSPS) is 22.3. The molecule has 2 saturated heterocycles. The highest BCUT2D eigenvalue weighted by molar-refractivity contribution is 6.00. The Morgan fingerprint density at radius 3 is 2.63 bits per heavy atom. The van der Waals surface area contributed by atoms with E-state index < -0.39 is 0 Å². The number of carbonyl (C=O) groups is 2. The van der Waals surface area contributed by atoms with Crippen molar-refractivity contribution in [3.63, 3.8) is 0 Å². The van der Waals surface area contributed by atoms with E-state index in [1.165, 1.54) is 5.56 Å². The molecule has 0 spiro atoms. The number of nitrogens with one attached hydrogen (secondary N) is 1. The number of carbonyl (C=O) groups excluding carboxylic acids is 2. The van der Waals surface area contributed by atoms with Gasteiger partial charge in [0.15, 0.2) is 0 Å². The molecule has 4 rings (SSSR count). The highest BCUT2D eigenvalue weighted by Crippen LogP contribution is 2.25. The smallest absolute Gasteiger partial charge is 0.227 e. The summed E-state index contributed by atoms with van der Waals surface area (Å²) in [6.07, 6.45) is 0.225. The van der Waals surface area contributed by atoms with Crippen molar-refractivity contribution in [2.24, 2.45) is 5.92 Å². The lowest BCUT2D eigenvalue weighted by Gasteiger charge is -2.33. The number of hydrogen-bond acceptors (Lipinski definition) is 4. The number of aryl methyl sites for hydroxylation is 1. The molecular weight excluding hydrogens is 378 g/mol. The Hall–Kier alpha value is -2.70. The lowest BCUT2D eigenvalue weighted by Crippen LogP contribution is -2.48. The summed E-state index contributed by atoms with van der Waals surface area (Å²) in [6, 6.07) is 18.2. The maximum absolute atomic E-state index is 12.7. The number of nitrogens with zero attached hydrogens (tertiary/aromatic N) is 2. The highest BCUT2D eigenvalue weighted by Gasteiger charge is 2.35. The number of morpholine rings is 1. The molecule has 0 aliphatic carbocycles. The van der Waals surface area contributed by atoms with Gasteiger partial charge in [-0.05, 0) is 24.6 Å². The van der Waals surface area contributed by atoms with Gasteiger partial charge in [-0.15, -0.1) is 0 Å². The van der Waals surface area contributed by atoms with Crippen LogP contribution in [0.5, 0.6) is 0 Å². The molecule has 0 radical (unpaired) electrons. The average molecular weight is 408 g/mol. The molecule has 6 heteroatoms. The number of anilines is 1. The third-order valence-electron chi connectivity index (χ3n) is 5.82. The molecule has 0 saturated carbocycles. The topological polar surface area (TPSA) is 61.9 Å². The molecule has 6 nitrogen and oxygen atoms in total. The van der Waals surface area contributed by atoms with Gasteiger partial charge in [0.05, 0.1) is 18.6 Å². The van der Waals surface area contributed by atoms with Gasteiger partial charge in [0.2, 0.25) is 11.8 Å². The zero-order chi connectivity index (χ0) is 20.9. The molecule has 2 fully saturated rings. The van der Waals surface area contributed by atoms with Crippen LogP contribution in [0.1, 0.15) is 17.5 Å². The molecule has 2 aromatic rings. The summed E-state index contributed by atoms with van der Waals surface area (Å²) >= 11 is 0. The monoisotopic (exact) mass is 407 g/mol. The van der Waals surface area contributed by atoms with E-state index in [0.29, 0.717) is 19.7 Å². The number of hydrogen-bond donors (Lipinski definition) is 1. The van der Waals surface area contributed by atoms with Crippen molar-refractivity contribution in [3.05, 3.63) is 65.7 Å². The van der Waals surface area contributed by atoms with Crippen LogP contribution in [0.25, 0.3) is 0 Å². The summed E-state index contributed by atoms with van der Waals surface area (Å²) in [5, 5.41) is 3.01. The van der Waals surface area contributed by atoms with Gasteiger partial charge in [-0.25, -0.2) is 0 Å². The summed E-state index contributed by atoms with van der Waals surface area (Å²) < 4.78 is 5.85. The maximum Gasteiger partial charge on any atom is 0.227 e. The minimum absolute atomic E-state index is 0.00181. The van der Waals surface area contributed by atoms with Crippen LogP contribution in [0.2, 0.25) is 0 Å². The molecule has 30 heavy (non-hydrogen) atoms. The van der Waals surface area contributed by atoms with Crippen LogP contribution in [0, 0.1) is 12.8 Å². The number of amides is 2. The fourth-order valence-electron chi connectivity index (χ4n) is 4.11. The zero-order valence-electron chi connectivity index (χ0n) is 17.4. The van der Waals surface area contributed by atoms with Crippen molar-refractivity contribution < 1.29 is 14.3 Å². The number of ether oxygens (including phenoxy) is 1. The Bertz CT molecular complexity index is 869. The Balaban J connectivity index is 1.26. The average Bonchev–Trinajstić information content (AvgIpc) is 3.15. The third kappa shape index (κ3) is 5.07. The summed E-state index contributed by atoms with van der Waals surface area (Å²) in [5.41, 5.74) is 3.28. The quantitative estimate of drug-likeness (QED) is 0.799. The van der Waals surface area contributed by atoms with Crippen molar-refractivity contribution in [1.82, 2.24) is 10.2 Å². The van der Waals surface area contributed by atoms with Crippen LogP contribution < -0.4 is 10.2 Å². The SMILES string of the molecule is Cc1ccc(N2CC(C(=O)NCC3CN(Cc4ccccc4)CCO3)CC2=O)cc1. The summed E-state index contributed by atoms with van der Waals surface area (Å²) in [4.78, 5) is 29.2. The number of rotatable bonds is 6. The molecule has 0 bridgehead atoms. The standard InChI is InChI=1S/C24H29N3O3/c1-18-7-9-21(10-8-18)27-16-20(13-23(27)28)24(29)25-14-22-17-26(11-12-30-22)15-19-5-3-2-4-6-19/h2-10,20,22H,11-17H2,1H3,(H,25,29). The van der Waals surface area contributed by atoms with E-state index in [1.807, 2.05) is 37.3 Å². The molecule has 1 N–H and O–H groups in total. The van der Waals surface area contributed by atoms with Crippen LogP contribution >= 0.6 is 0 Å². The van der Waals surface area contributed by atoms with Gasteiger partial charge in [0, 0.05) is 44.8 Å². The molecule has 2 atom stereocenters. The van der Waals surface area contributed by atoms with E-state index in [0.717, 1.165) is 30.9 Å². The number of benzene rings is 2. The predicted octanol–water partition coefficient (Wildman–Crippen LogP) is 2.37. The van der Waals surface area contributed by atoms with Gasteiger partial charge in [0.25, 0.3) is 0 Å². The maximum atomic E-state index is 12.7. The molecule has 2 aliphatic rings. The Labute approximate surface area is 177 Å². The Morgan fingerprint density at radius 2 is 1.87 bits per heavy atom. The summed E-state index contributed by atoms with van der Waals surface area (Å²) in [5.74, 6) is -0.383. The van der Waals surface area contributed by atoms with Gasteiger partial charge in [-0.1, -0.05) is 48.0 Å². The van der Waals surface area contributed by atoms with E-state index in [4.69, 9.17) is 4.74 Å². The minimum atomic E-state index is -0.317. The van der Waals surface area contributed by atoms with E-state index in [1.54, 1.807) is 4.90 Å². The fraction of sp³-hybridized carbons (Fsp3) is 0.417. The molecule has 2 amide bonds. The Kier molecular flexibility index (Phi) is 6.45. The van der Waals surface area contributed by atoms with Crippen LogP contribution in [-0.2, 0) is 20.9 Å². The minimum Gasteiger partial charge on any atom is -0.374 e. The van der Waals surface area contributed by atoms with Gasteiger partial charge in [0.1, 0.15) is 0 Å². The van der Waals surface area contributed by atoms with E-state index >= 15 is 0 Å². The van der Waals surface area contributed by atoms with Crippen molar-refractivity contribution in [2.75, 3.05) is 37.7 Å². The zero-order valence-corrected chi connectivity index (χ0v) is 17.4. The first kappa shape index (κ1) is 20.6. The lowest BCUT2D eigenvalue weighted by molar-refractivity contribution is -0.127. The predicted molar refractivity (Wildman–Crippen MR) is 116 cm³/mol. The van der Waals surface area contributed by atoms with E-state index in [9.17, 15) is 9.59 Å². The second-order valence-electron chi connectivity index (χ2n) is 8.20. The molecule has 2 aromatic carbocycles. The van der Waals surface area contributed by atoms with Crippen molar-refractivity contribution in [1.29, 1.82) is 0 Å². The highest BCUT2D eigenvalue weighted by atomic mass is 16.5. The lowest BCUT2D eigenvalue weighted by atomic mass is 10.1. The van der Waals surface area contributed by atoms with Gasteiger partial charge >= 0.3 is 0 Å². The van der Waals surface area contributed by atoms with Gasteiger partial charge in [-0.3, -0.25) is 14.5 Å². The summed E-state index contributed by atoms with van der Waals surface area (Å²) in [7, 11) is 0. The first-order valence-electron chi connectivity index (χ1n) is 10.6. The second-order valence-corrected chi connectivity index (χ2v) is 8.20. The largest absolute Gasteiger partial charge is 0.374 e. The molecule has 0 aromatic heterocycles. The summed E-state index contributed by atoms with van der Waals surface area (Å²) in [6.45, 7) is 6.14. The van der Waals surface area contributed by atoms with Crippen molar-refractivity contribution in [3.8, 4) is 0 Å². The van der Waals surface area contributed by atoms with E-state index in [-0.39, 0.29) is 30.3 Å². The van der Waals surface area contributed by atoms with Gasteiger partial charge in [-0.2, -0.15) is 0 Å². The fourth-order valence-corrected chi connectivity index (χ4v) is 4.11. The van der Waals surface area contributed by atoms with Crippen LogP contribution in [-0.4, -0.2) is 55.6 Å². The van der Waals surface area contributed by atoms with Crippen LogP contribution in [0.15, 0.2) is 54.6 Å². The van der Waals surface area contributed by atoms with Crippen molar-refractivity contribution >= 4 is 17.5 Å². The Morgan fingerprint density at radius 1 is 1.10 bits per heavy atom. The third-order valence-corrected chi connectivity index (χ3v) is 5.82. The molecule has 2 heterocycles. The molecule has 158 valence electrons. The molecular formula is C24H29N3O3. The van der Waals surface area contributed by atoms with Crippen LogP contribution in [0.4, 0.5) is 5.69 Å². The first-order valence-corrected chi connectivity index (χ1v) is 10.6. The first-order chi connectivity index (χ1) is 14.6. The second kappa shape index (κ2) is 9.41. The van der Waals surface area contributed by atoms with Crippen LogP contribution in [0.3, 0.4) is 0 Å².